The smallest absolute Gasteiger partial charge is 0.223 e. The molecular weight excluding hydrogens is 398 g/mol. The van der Waals surface area contributed by atoms with Crippen molar-refractivity contribution < 1.29 is 9.42 Å². The van der Waals surface area contributed by atoms with Crippen molar-refractivity contribution in [1.82, 2.24) is 40.3 Å². The van der Waals surface area contributed by atoms with Crippen LogP contribution in [0.5, 0.6) is 0 Å². The Bertz CT molecular complexity index is 1100. The van der Waals surface area contributed by atoms with Crippen LogP contribution in [0.4, 0.5) is 0 Å². The van der Waals surface area contributed by atoms with Gasteiger partial charge in [-0.3, -0.25) is 9.69 Å². The van der Waals surface area contributed by atoms with Crippen molar-refractivity contribution in [2.24, 2.45) is 10.9 Å². The summed E-state index contributed by atoms with van der Waals surface area (Å²) in [7, 11) is 0. The van der Waals surface area contributed by atoms with Crippen LogP contribution in [0.3, 0.4) is 0 Å². The molecule has 0 spiro atoms. The lowest BCUT2D eigenvalue weighted by Crippen LogP contribution is -2.49. The number of carbonyl (C=O) groups is 1. The van der Waals surface area contributed by atoms with E-state index in [0.717, 1.165) is 56.6 Å². The minimum Gasteiger partial charge on any atom is -0.340 e. The Morgan fingerprint density at radius 3 is 2.77 bits per heavy atom. The van der Waals surface area contributed by atoms with Gasteiger partial charge in [0.15, 0.2) is 5.82 Å². The molecule has 0 bridgehead atoms. The maximum Gasteiger partial charge on any atom is 0.223 e. The molecule has 1 saturated heterocycles. The largest absolute Gasteiger partial charge is 0.340 e. The van der Waals surface area contributed by atoms with Gasteiger partial charge in [-0.1, -0.05) is 6.07 Å². The van der Waals surface area contributed by atoms with Crippen LogP contribution in [0.15, 0.2) is 40.2 Å². The maximum absolute atomic E-state index is 12.7. The fourth-order valence-electron chi connectivity index (χ4n) is 3.95. The third kappa shape index (κ3) is 4.50. The van der Waals surface area contributed by atoms with E-state index in [1.54, 1.807) is 0 Å². The number of nitrogens with zero attached hydrogens (tertiary/aromatic N) is 9. The number of aromatic nitrogens is 6. The lowest BCUT2D eigenvalue weighted by molar-refractivity contribution is -0.133. The summed E-state index contributed by atoms with van der Waals surface area (Å²) in [6.07, 6.45) is 7.50. The molecule has 1 aromatic carbocycles. The first kappa shape index (κ1) is 19.5. The van der Waals surface area contributed by atoms with Crippen LogP contribution in [0.2, 0.25) is 0 Å². The van der Waals surface area contributed by atoms with Gasteiger partial charge in [0.2, 0.25) is 5.91 Å². The molecule has 4 heterocycles. The Hall–Kier alpha value is -3.47. The normalized spacial score (nSPS) is 19.7. The number of allylic oxidation sites excluding steroid dienone is 1. The van der Waals surface area contributed by atoms with E-state index in [9.17, 15) is 4.79 Å². The van der Waals surface area contributed by atoms with Crippen LogP contribution in [-0.2, 0) is 11.2 Å². The first-order valence-corrected chi connectivity index (χ1v) is 10.4. The predicted molar refractivity (Wildman–Crippen MR) is 112 cm³/mol. The molecule has 0 radical (unpaired) electrons. The molecule has 3 aromatic rings. The Morgan fingerprint density at radius 1 is 1.13 bits per heavy atom. The number of amides is 1. The number of rotatable bonds is 6. The molecule has 2 aliphatic heterocycles. The molecule has 1 amide bonds. The molecule has 1 fully saturated rings. The summed E-state index contributed by atoms with van der Waals surface area (Å²) < 4.78 is 6.28. The molecule has 5 rings (SSSR count). The summed E-state index contributed by atoms with van der Waals surface area (Å²) in [5, 5.41) is 18.8. The number of carbonyl (C=O) groups excluding carboxylic acids is 1. The second kappa shape index (κ2) is 8.72. The molecule has 11 nitrogen and oxygen atoms in total. The molecule has 2 aromatic heterocycles. The number of aliphatic imine (C=N–C) groups is 1. The van der Waals surface area contributed by atoms with Crippen LogP contribution in [-0.4, -0.2) is 85.2 Å². The van der Waals surface area contributed by atoms with Gasteiger partial charge in [-0.2, -0.15) is 4.68 Å². The van der Waals surface area contributed by atoms with Gasteiger partial charge >= 0.3 is 0 Å². The maximum atomic E-state index is 12.7. The van der Waals surface area contributed by atoms with Crippen LogP contribution < -0.4 is 0 Å². The monoisotopic (exact) mass is 421 g/mol. The van der Waals surface area contributed by atoms with E-state index in [-0.39, 0.29) is 11.8 Å². The molecule has 31 heavy (non-hydrogen) atoms. The molecule has 0 aliphatic carbocycles. The van der Waals surface area contributed by atoms with Gasteiger partial charge in [0.25, 0.3) is 0 Å². The van der Waals surface area contributed by atoms with Gasteiger partial charge in [0.1, 0.15) is 17.4 Å². The summed E-state index contributed by atoms with van der Waals surface area (Å²) >= 11 is 0. The quantitative estimate of drug-likeness (QED) is 0.575. The predicted octanol–water partition coefficient (Wildman–Crippen LogP) is 0.875. The Balaban J connectivity index is 1.06. The zero-order valence-corrected chi connectivity index (χ0v) is 17.0. The van der Waals surface area contributed by atoms with Gasteiger partial charge in [0.05, 0.1) is 0 Å². The number of tetrazole rings is 1. The first-order valence-electron chi connectivity index (χ1n) is 10.4. The van der Waals surface area contributed by atoms with E-state index in [0.29, 0.717) is 12.2 Å². The molecule has 0 saturated carbocycles. The number of hydrogen-bond donors (Lipinski definition) is 0. The van der Waals surface area contributed by atoms with Crippen molar-refractivity contribution in [2.75, 3.05) is 32.7 Å². The van der Waals surface area contributed by atoms with Crippen molar-refractivity contribution in [3.63, 3.8) is 0 Å². The van der Waals surface area contributed by atoms with Crippen molar-refractivity contribution in [3.8, 4) is 0 Å². The van der Waals surface area contributed by atoms with Crippen LogP contribution in [0.25, 0.3) is 16.9 Å². The van der Waals surface area contributed by atoms with E-state index in [1.165, 1.54) is 16.6 Å². The summed E-state index contributed by atoms with van der Waals surface area (Å²) in [5.74, 6) is 1.01. The van der Waals surface area contributed by atoms with Crippen LogP contribution in [0, 0.1) is 5.92 Å². The second-order valence-corrected chi connectivity index (χ2v) is 7.85. The number of fused-ring (bicyclic) bond motifs is 1. The van der Waals surface area contributed by atoms with Gasteiger partial charge in [-0.15, -0.1) is 5.10 Å². The van der Waals surface area contributed by atoms with Crippen molar-refractivity contribution >= 4 is 29.0 Å². The topological polar surface area (TPSA) is 118 Å². The van der Waals surface area contributed by atoms with E-state index in [2.05, 4.69) is 41.8 Å². The highest BCUT2D eigenvalue weighted by Gasteiger charge is 2.24. The third-order valence-corrected chi connectivity index (χ3v) is 5.80. The van der Waals surface area contributed by atoms with Gasteiger partial charge < -0.3 is 4.90 Å². The number of benzene rings is 1. The summed E-state index contributed by atoms with van der Waals surface area (Å²) in [6, 6.07) is 6.03. The average Bonchev–Trinajstić information content (AvgIpc) is 3.50. The zero-order chi connectivity index (χ0) is 21.0. The van der Waals surface area contributed by atoms with E-state index in [4.69, 9.17) is 4.63 Å². The van der Waals surface area contributed by atoms with Crippen molar-refractivity contribution in [3.05, 3.63) is 36.2 Å². The standard InChI is InChI=1S/C20H23N9O2/c30-20(12-16-2-4-19(21-13-16)29-14-22-25-26-29)28-9-7-27(8-10-28)6-5-15-1-3-17-18(11-15)24-31-23-17/h1,3-4,11,13-14,16H,2,5-10,12H2. The SMILES string of the molecule is O=C(CC1C=NC(n2cnnn2)=CC1)N1CCN(CCc2ccc3nonc3c2)CC1. The molecule has 0 N–H and O–H groups in total. The van der Waals surface area contributed by atoms with E-state index < -0.39 is 0 Å². The molecule has 2 aliphatic rings. The summed E-state index contributed by atoms with van der Waals surface area (Å²) in [5.41, 5.74) is 2.78. The highest BCUT2D eigenvalue weighted by Crippen LogP contribution is 2.19. The van der Waals surface area contributed by atoms with E-state index >= 15 is 0 Å². The fraction of sp³-hybridized carbons (Fsp3) is 0.450. The molecular formula is C20H23N9O2. The lowest BCUT2D eigenvalue weighted by atomic mass is 10.00. The third-order valence-electron chi connectivity index (χ3n) is 5.80. The highest BCUT2D eigenvalue weighted by atomic mass is 16.6. The first-order chi connectivity index (χ1) is 15.2. The average molecular weight is 421 g/mol. The summed E-state index contributed by atoms with van der Waals surface area (Å²) in [6.45, 7) is 4.27. The number of piperazine rings is 1. The fourth-order valence-corrected chi connectivity index (χ4v) is 3.95. The molecule has 1 atom stereocenters. The van der Waals surface area contributed by atoms with Crippen LogP contribution in [0.1, 0.15) is 18.4 Å². The van der Waals surface area contributed by atoms with Gasteiger partial charge in [0, 0.05) is 51.3 Å². The molecule has 11 heteroatoms. The second-order valence-electron chi connectivity index (χ2n) is 7.85. The Kier molecular flexibility index (Phi) is 5.48. The molecule has 1 unspecified atom stereocenters. The van der Waals surface area contributed by atoms with E-state index in [1.807, 2.05) is 29.3 Å². The van der Waals surface area contributed by atoms with Crippen molar-refractivity contribution in [1.29, 1.82) is 0 Å². The Labute approximate surface area is 178 Å². The molecule has 160 valence electrons. The lowest BCUT2D eigenvalue weighted by Gasteiger charge is -2.35. The van der Waals surface area contributed by atoms with Crippen LogP contribution >= 0.6 is 0 Å². The highest BCUT2D eigenvalue weighted by molar-refractivity contribution is 5.82. The summed E-state index contributed by atoms with van der Waals surface area (Å²) in [4.78, 5) is 21.5. The zero-order valence-electron chi connectivity index (χ0n) is 17.0. The minimum absolute atomic E-state index is 0.117. The van der Waals surface area contributed by atoms with Gasteiger partial charge in [-0.25, -0.2) is 9.62 Å². The minimum atomic E-state index is 0.117. The van der Waals surface area contributed by atoms with Gasteiger partial charge in [-0.05, 0) is 57.4 Å². The Morgan fingerprint density at radius 2 is 2.00 bits per heavy atom. The van der Waals surface area contributed by atoms with Crippen molar-refractivity contribution in [2.45, 2.75) is 19.3 Å². The number of hydrogen-bond acceptors (Lipinski definition) is 9.